The van der Waals surface area contributed by atoms with Crippen molar-refractivity contribution in [2.45, 2.75) is 38.2 Å². The molecule has 7 heteroatoms. The first-order chi connectivity index (χ1) is 9.76. The zero-order valence-corrected chi connectivity index (χ0v) is 13.6. The molecule has 1 unspecified atom stereocenters. The van der Waals surface area contributed by atoms with Gasteiger partial charge in [0.15, 0.2) is 0 Å². The van der Waals surface area contributed by atoms with Crippen molar-refractivity contribution < 1.29 is 13.5 Å². The van der Waals surface area contributed by atoms with E-state index in [4.69, 9.17) is 5.73 Å². The lowest BCUT2D eigenvalue weighted by atomic mass is 10.1. The lowest BCUT2D eigenvalue weighted by Gasteiger charge is -2.16. The summed E-state index contributed by atoms with van der Waals surface area (Å²) in [4.78, 5) is 0.152. The van der Waals surface area contributed by atoms with Crippen LogP contribution in [0.3, 0.4) is 0 Å². The highest BCUT2D eigenvalue weighted by atomic mass is 32.2. The minimum Gasteiger partial charge on any atom is -0.397 e. The third-order valence-electron chi connectivity index (χ3n) is 2.94. The third-order valence-corrected chi connectivity index (χ3v) is 4.48. The fourth-order valence-corrected chi connectivity index (χ4v) is 3.05. The Morgan fingerprint density at radius 2 is 2.00 bits per heavy atom. The van der Waals surface area contributed by atoms with Crippen molar-refractivity contribution in [1.29, 1.82) is 0 Å². The Kier molecular flexibility index (Phi) is 6.44. The smallest absolute Gasteiger partial charge is 0.240 e. The largest absolute Gasteiger partial charge is 0.397 e. The van der Waals surface area contributed by atoms with Gasteiger partial charge in [-0.3, -0.25) is 0 Å². The van der Waals surface area contributed by atoms with Gasteiger partial charge in [0.25, 0.3) is 0 Å². The summed E-state index contributed by atoms with van der Waals surface area (Å²) in [7, 11) is -3.52. The number of nitrogens with two attached hydrogens (primary N) is 1. The number of rotatable bonds is 8. The van der Waals surface area contributed by atoms with Gasteiger partial charge in [0, 0.05) is 13.1 Å². The second-order valence-electron chi connectivity index (χ2n) is 5.41. The number of hydrogen-bond acceptors (Lipinski definition) is 5. The van der Waals surface area contributed by atoms with E-state index >= 15 is 0 Å². The molecule has 0 fully saturated rings. The summed E-state index contributed by atoms with van der Waals surface area (Å²) in [5, 5.41) is 12.9. The number of hydrogen-bond donors (Lipinski definition) is 4. The standard InChI is InChI=1S/C14H25N3O3S/c1-4-17-21(19,20)12-5-6-13(15)14(8-12)16-9-11(18)7-10(2)3/h5-6,8,10-11,16-18H,4,7,9,15H2,1-3H3. The van der Waals surface area contributed by atoms with Crippen molar-refractivity contribution >= 4 is 21.4 Å². The summed E-state index contributed by atoms with van der Waals surface area (Å²) in [5.41, 5.74) is 6.79. The molecule has 0 bridgehead atoms. The minimum atomic E-state index is -3.52. The molecule has 0 aliphatic carbocycles. The Morgan fingerprint density at radius 1 is 1.33 bits per heavy atom. The maximum Gasteiger partial charge on any atom is 0.240 e. The summed E-state index contributed by atoms with van der Waals surface area (Å²) in [6.07, 6.45) is 0.167. The SMILES string of the molecule is CCNS(=O)(=O)c1ccc(N)c(NCC(O)CC(C)C)c1. The van der Waals surface area contributed by atoms with E-state index in [2.05, 4.69) is 10.0 Å². The molecule has 0 aromatic heterocycles. The van der Waals surface area contributed by atoms with Gasteiger partial charge in [-0.15, -0.1) is 0 Å². The van der Waals surface area contributed by atoms with Crippen LogP contribution in [-0.4, -0.2) is 32.7 Å². The van der Waals surface area contributed by atoms with Crippen LogP contribution in [0.15, 0.2) is 23.1 Å². The average molecular weight is 315 g/mol. The monoisotopic (exact) mass is 315 g/mol. The van der Waals surface area contributed by atoms with Gasteiger partial charge in [0.1, 0.15) is 0 Å². The van der Waals surface area contributed by atoms with Crippen molar-refractivity contribution in [2.75, 3.05) is 24.1 Å². The molecule has 0 aliphatic heterocycles. The Labute approximate surface area is 126 Å². The second kappa shape index (κ2) is 7.63. The first kappa shape index (κ1) is 17.7. The van der Waals surface area contributed by atoms with Crippen LogP contribution in [0.2, 0.25) is 0 Å². The van der Waals surface area contributed by atoms with Gasteiger partial charge < -0.3 is 16.2 Å². The van der Waals surface area contributed by atoms with Crippen LogP contribution < -0.4 is 15.8 Å². The van der Waals surface area contributed by atoms with Crippen LogP contribution in [0, 0.1) is 5.92 Å². The molecular formula is C14H25N3O3S. The van der Waals surface area contributed by atoms with Gasteiger partial charge in [-0.25, -0.2) is 13.1 Å². The molecule has 0 amide bonds. The van der Waals surface area contributed by atoms with Crippen LogP contribution in [-0.2, 0) is 10.0 Å². The van der Waals surface area contributed by atoms with Crippen LogP contribution in [0.1, 0.15) is 27.2 Å². The molecule has 0 heterocycles. The predicted molar refractivity (Wildman–Crippen MR) is 85.7 cm³/mol. The fraction of sp³-hybridized carbons (Fsp3) is 0.571. The topological polar surface area (TPSA) is 104 Å². The number of benzene rings is 1. The second-order valence-corrected chi connectivity index (χ2v) is 7.18. The summed E-state index contributed by atoms with van der Waals surface area (Å²) < 4.78 is 26.3. The number of anilines is 2. The van der Waals surface area contributed by atoms with Gasteiger partial charge in [0.05, 0.1) is 22.4 Å². The molecule has 1 atom stereocenters. The highest BCUT2D eigenvalue weighted by Gasteiger charge is 2.15. The number of nitrogens with one attached hydrogen (secondary N) is 2. The minimum absolute atomic E-state index is 0.152. The molecule has 1 aromatic rings. The number of aliphatic hydroxyl groups excluding tert-OH is 1. The molecule has 0 saturated carbocycles. The predicted octanol–water partition coefficient (Wildman–Crippen LogP) is 1.39. The Balaban J connectivity index is 2.84. The van der Waals surface area contributed by atoms with Crippen molar-refractivity contribution in [3.05, 3.63) is 18.2 Å². The highest BCUT2D eigenvalue weighted by Crippen LogP contribution is 2.23. The first-order valence-corrected chi connectivity index (χ1v) is 8.55. The van der Waals surface area contributed by atoms with E-state index in [1.165, 1.54) is 12.1 Å². The zero-order valence-electron chi connectivity index (χ0n) is 12.8. The summed E-state index contributed by atoms with van der Waals surface area (Å²) in [6.45, 7) is 6.42. The van der Waals surface area contributed by atoms with Crippen molar-refractivity contribution in [1.82, 2.24) is 4.72 Å². The summed E-state index contributed by atoms with van der Waals surface area (Å²) in [5.74, 6) is 0.389. The van der Waals surface area contributed by atoms with Crippen LogP contribution >= 0.6 is 0 Å². The van der Waals surface area contributed by atoms with Crippen molar-refractivity contribution in [3.63, 3.8) is 0 Å². The van der Waals surface area contributed by atoms with E-state index in [1.54, 1.807) is 13.0 Å². The number of sulfonamides is 1. The molecule has 0 aliphatic rings. The Morgan fingerprint density at radius 3 is 2.57 bits per heavy atom. The molecule has 0 saturated heterocycles. The van der Waals surface area contributed by atoms with Crippen LogP contribution in [0.25, 0.3) is 0 Å². The fourth-order valence-electron chi connectivity index (χ4n) is 1.98. The molecule has 5 N–H and O–H groups in total. The zero-order chi connectivity index (χ0) is 16.0. The lowest BCUT2D eigenvalue weighted by molar-refractivity contribution is 0.161. The molecule has 21 heavy (non-hydrogen) atoms. The van der Waals surface area contributed by atoms with Gasteiger partial charge >= 0.3 is 0 Å². The van der Waals surface area contributed by atoms with Crippen LogP contribution in [0.5, 0.6) is 0 Å². The lowest BCUT2D eigenvalue weighted by Crippen LogP contribution is -2.24. The maximum atomic E-state index is 12.0. The van der Waals surface area contributed by atoms with Gasteiger partial charge in [-0.2, -0.15) is 0 Å². The molecule has 0 spiro atoms. The van der Waals surface area contributed by atoms with E-state index in [0.29, 0.717) is 36.8 Å². The van der Waals surface area contributed by atoms with Gasteiger partial charge in [-0.1, -0.05) is 20.8 Å². The van der Waals surface area contributed by atoms with Crippen LogP contribution in [0.4, 0.5) is 11.4 Å². The van der Waals surface area contributed by atoms with Crippen molar-refractivity contribution in [2.24, 2.45) is 5.92 Å². The van der Waals surface area contributed by atoms with Gasteiger partial charge in [-0.05, 0) is 30.5 Å². The molecular weight excluding hydrogens is 290 g/mol. The number of nitrogen functional groups attached to an aromatic ring is 1. The first-order valence-electron chi connectivity index (χ1n) is 7.07. The Bertz CT molecular complexity index is 559. The highest BCUT2D eigenvalue weighted by molar-refractivity contribution is 7.89. The summed E-state index contributed by atoms with van der Waals surface area (Å²) >= 11 is 0. The quantitative estimate of drug-likeness (QED) is 0.543. The normalized spacial score (nSPS) is 13.4. The maximum absolute atomic E-state index is 12.0. The van der Waals surface area contributed by atoms with E-state index in [1.807, 2.05) is 13.8 Å². The molecule has 120 valence electrons. The number of aliphatic hydroxyl groups is 1. The molecule has 0 radical (unpaired) electrons. The van der Waals surface area contributed by atoms with Crippen molar-refractivity contribution in [3.8, 4) is 0 Å². The third kappa shape index (κ3) is 5.53. The average Bonchev–Trinajstić information content (AvgIpc) is 2.36. The van der Waals surface area contributed by atoms with E-state index in [-0.39, 0.29) is 4.90 Å². The summed E-state index contributed by atoms with van der Waals surface area (Å²) in [6, 6.07) is 4.49. The van der Waals surface area contributed by atoms with E-state index in [0.717, 1.165) is 0 Å². The molecule has 6 nitrogen and oxygen atoms in total. The van der Waals surface area contributed by atoms with E-state index < -0.39 is 16.1 Å². The molecule has 1 rings (SSSR count). The van der Waals surface area contributed by atoms with Gasteiger partial charge in [0.2, 0.25) is 10.0 Å². The Hall–Kier alpha value is -1.31. The van der Waals surface area contributed by atoms with E-state index in [9.17, 15) is 13.5 Å². The molecule has 1 aromatic carbocycles.